The van der Waals surface area contributed by atoms with Crippen molar-refractivity contribution >= 4 is 17.9 Å². The summed E-state index contributed by atoms with van der Waals surface area (Å²) in [4.78, 5) is 11.2. The smallest absolute Gasteiger partial charge is 0.351 e. The molecule has 4 heteroatoms. The number of para-hydroxylation sites is 1. The number of hydrazone groups is 1. The molecule has 0 amide bonds. The van der Waals surface area contributed by atoms with Gasteiger partial charge < -0.3 is 4.74 Å². The van der Waals surface area contributed by atoms with E-state index in [9.17, 15) is 4.79 Å². The van der Waals surface area contributed by atoms with Gasteiger partial charge in [0.15, 0.2) is 0 Å². The van der Waals surface area contributed by atoms with Gasteiger partial charge in [0.05, 0.1) is 12.3 Å². The Morgan fingerprint density at radius 1 is 1.14 bits per heavy atom. The molecular formula is C17H18N2O2. The Labute approximate surface area is 124 Å². The fourth-order valence-corrected chi connectivity index (χ4v) is 1.93. The minimum absolute atomic E-state index is 0.343. The standard InChI is InChI=1S/C17H18N2O2/c1-2-21-17(20)13-18-19-16-11-7-6-10-15(16)12-14-8-4-3-5-9-14/h3-11,13,19H,2,12H2,1H3/b18-13+. The Balaban J connectivity index is 2.05. The number of hydrogen-bond donors (Lipinski definition) is 1. The first-order valence-electron chi connectivity index (χ1n) is 6.87. The van der Waals surface area contributed by atoms with Crippen LogP contribution in [0, 0.1) is 0 Å². The molecule has 0 saturated carbocycles. The molecule has 0 bridgehead atoms. The lowest BCUT2D eigenvalue weighted by Gasteiger charge is -2.08. The van der Waals surface area contributed by atoms with Gasteiger partial charge in [-0.15, -0.1) is 0 Å². The van der Waals surface area contributed by atoms with Crippen LogP contribution in [0.4, 0.5) is 5.69 Å². The van der Waals surface area contributed by atoms with E-state index in [-0.39, 0.29) is 0 Å². The van der Waals surface area contributed by atoms with E-state index in [2.05, 4.69) is 22.7 Å². The second-order valence-electron chi connectivity index (χ2n) is 4.44. The summed E-state index contributed by atoms with van der Waals surface area (Å²) in [6.07, 6.45) is 1.95. The second-order valence-corrected chi connectivity index (χ2v) is 4.44. The predicted molar refractivity (Wildman–Crippen MR) is 84.4 cm³/mol. The molecular weight excluding hydrogens is 264 g/mol. The molecule has 0 aromatic heterocycles. The molecule has 0 heterocycles. The van der Waals surface area contributed by atoms with Gasteiger partial charge >= 0.3 is 5.97 Å². The third-order valence-electron chi connectivity index (χ3n) is 2.90. The fourth-order valence-electron chi connectivity index (χ4n) is 1.93. The van der Waals surface area contributed by atoms with Gasteiger partial charge in [-0.2, -0.15) is 5.10 Å². The highest BCUT2D eigenvalue weighted by molar-refractivity contribution is 6.23. The number of anilines is 1. The highest BCUT2D eigenvalue weighted by Crippen LogP contribution is 2.18. The van der Waals surface area contributed by atoms with E-state index in [1.165, 1.54) is 5.56 Å². The number of benzene rings is 2. The normalized spacial score (nSPS) is 10.5. The van der Waals surface area contributed by atoms with Crippen molar-refractivity contribution in [2.24, 2.45) is 5.10 Å². The van der Waals surface area contributed by atoms with Gasteiger partial charge in [-0.1, -0.05) is 48.5 Å². The molecule has 2 aromatic carbocycles. The van der Waals surface area contributed by atoms with Crippen molar-refractivity contribution < 1.29 is 9.53 Å². The topological polar surface area (TPSA) is 50.7 Å². The van der Waals surface area contributed by atoms with Crippen molar-refractivity contribution in [1.82, 2.24) is 0 Å². The van der Waals surface area contributed by atoms with E-state index >= 15 is 0 Å². The van der Waals surface area contributed by atoms with E-state index in [4.69, 9.17) is 4.74 Å². The van der Waals surface area contributed by atoms with Gasteiger partial charge in [0.2, 0.25) is 0 Å². The average molecular weight is 282 g/mol. The van der Waals surface area contributed by atoms with Crippen LogP contribution in [0.5, 0.6) is 0 Å². The number of esters is 1. The molecule has 1 N–H and O–H groups in total. The summed E-state index contributed by atoms with van der Waals surface area (Å²) >= 11 is 0. The Kier molecular flexibility index (Phi) is 5.52. The Bertz CT molecular complexity index is 609. The zero-order valence-corrected chi connectivity index (χ0v) is 12.0. The molecule has 0 spiro atoms. The third-order valence-corrected chi connectivity index (χ3v) is 2.90. The van der Waals surface area contributed by atoms with Crippen LogP contribution in [0.15, 0.2) is 59.7 Å². The number of ether oxygens (including phenoxy) is 1. The highest BCUT2D eigenvalue weighted by Gasteiger charge is 2.02. The summed E-state index contributed by atoms with van der Waals surface area (Å²) in [5, 5.41) is 3.91. The highest BCUT2D eigenvalue weighted by atomic mass is 16.5. The van der Waals surface area contributed by atoms with Crippen molar-refractivity contribution in [3.05, 3.63) is 65.7 Å². The SMILES string of the molecule is CCOC(=O)/C=N/Nc1ccccc1Cc1ccccc1. The van der Waals surface area contributed by atoms with Crippen LogP contribution in [-0.2, 0) is 16.0 Å². The molecule has 0 aliphatic rings. The molecule has 0 aliphatic carbocycles. The number of carbonyl (C=O) groups excluding carboxylic acids is 1. The zero-order valence-electron chi connectivity index (χ0n) is 12.0. The molecule has 2 rings (SSSR count). The van der Waals surface area contributed by atoms with Crippen LogP contribution in [0.3, 0.4) is 0 Å². The second kappa shape index (κ2) is 7.85. The number of nitrogens with zero attached hydrogens (tertiary/aromatic N) is 1. The first-order valence-corrected chi connectivity index (χ1v) is 6.87. The lowest BCUT2D eigenvalue weighted by Crippen LogP contribution is -2.06. The lowest BCUT2D eigenvalue weighted by atomic mass is 10.0. The Hall–Kier alpha value is -2.62. The van der Waals surface area contributed by atoms with E-state index in [1.807, 2.05) is 42.5 Å². The molecule has 21 heavy (non-hydrogen) atoms. The zero-order chi connectivity index (χ0) is 14.9. The van der Waals surface area contributed by atoms with Crippen LogP contribution in [0.1, 0.15) is 18.1 Å². The van der Waals surface area contributed by atoms with Crippen molar-refractivity contribution in [3.63, 3.8) is 0 Å². The largest absolute Gasteiger partial charge is 0.462 e. The summed E-state index contributed by atoms with van der Waals surface area (Å²) in [6, 6.07) is 18.1. The van der Waals surface area contributed by atoms with Gasteiger partial charge in [-0.05, 0) is 30.5 Å². The number of rotatable bonds is 6. The first-order chi connectivity index (χ1) is 10.3. The van der Waals surface area contributed by atoms with Crippen molar-refractivity contribution in [1.29, 1.82) is 0 Å². The monoisotopic (exact) mass is 282 g/mol. The molecule has 108 valence electrons. The molecule has 0 unspecified atom stereocenters. The lowest BCUT2D eigenvalue weighted by molar-refractivity contribution is -0.134. The van der Waals surface area contributed by atoms with Gasteiger partial charge in [0.1, 0.15) is 6.21 Å². The van der Waals surface area contributed by atoms with E-state index in [0.717, 1.165) is 23.9 Å². The predicted octanol–water partition coefficient (Wildman–Crippen LogP) is 3.24. The van der Waals surface area contributed by atoms with Crippen LogP contribution in [0.2, 0.25) is 0 Å². The fraction of sp³-hybridized carbons (Fsp3) is 0.176. The van der Waals surface area contributed by atoms with Gasteiger partial charge in [0, 0.05) is 0 Å². The van der Waals surface area contributed by atoms with Gasteiger partial charge in [-0.3, -0.25) is 5.43 Å². The van der Waals surface area contributed by atoms with Gasteiger partial charge in [-0.25, -0.2) is 4.79 Å². The van der Waals surface area contributed by atoms with Crippen LogP contribution in [-0.4, -0.2) is 18.8 Å². The molecule has 4 nitrogen and oxygen atoms in total. The third kappa shape index (κ3) is 4.76. The maximum absolute atomic E-state index is 11.2. The molecule has 0 aliphatic heterocycles. The van der Waals surface area contributed by atoms with Crippen molar-refractivity contribution in [2.75, 3.05) is 12.0 Å². The van der Waals surface area contributed by atoms with Crippen LogP contribution >= 0.6 is 0 Å². The molecule has 0 radical (unpaired) electrons. The summed E-state index contributed by atoms with van der Waals surface area (Å²) in [6.45, 7) is 2.10. The minimum atomic E-state index is -0.453. The van der Waals surface area contributed by atoms with E-state index in [0.29, 0.717) is 6.61 Å². The number of hydrogen-bond acceptors (Lipinski definition) is 4. The van der Waals surface area contributed by atoms with E-state index in [1.54, 1.807) is 6.92 Å². The maximum Gasteiger partial charge on any atom is 0.351 e. The summed E-state index contributed by atoms with van der Waals surface area (Å²) < 4.78 is 4.78. The van der Waals surface area contributed by atoms with Crippen molar-refractivity contribution in [2.45, 2.75) is 13.3 Å². The van der Waals surface area contributed by atoms with E-state index < -0.39 is 5.97 Å². The first kappa shape index (κ1) is 14.8. The van der Waals surface area contributed by atoms with Crippen molar-refractivity contribution in [3.8, 4) is 0 Å². The summed E-state index contributed by atoms with van der Waals surface area (Å²) in [5.74, 6) is -0.453. The number of nitrogens with one attached hydrogen (secondary N) is 1. The summed E-state index contributed by atoms with van der Waals surface area (Å²) in [7, 11) is 0. The quantitative estimate of drug-likeness (QED) is 0.503. The molecule has 0 fully saturated rings. The Morgan fingerprint density at radius 3 is 2.62 bits per heavy atom. The summed E-state index contributed by atoms with van der Waals surface area (Å²) in [5.41, 5.74) is 6.11. The van der Waals surface area contributed by atoms with Crippen LogP contribution in [0.25, 0.3) is 0 Å². The molecule has 0 saturated heterocycles. The average Bonchev–Trinajstić information content (AvgIpc) is 2.50. The maximum atomic E-state index is 11.2. The Morgan fingerprint density at radius 2 is 1.86 bits per heavy atom. The molecule has 0 atom stereocenters. The molecule has 2 aromatic rings. The van der Waals surface area contributed by atoms with Crippen LogP contribution < -0.4 is 5.43 Å². The minimum Gasteiger partial charge on any atom is -0.462 e. The number of carbonyl (C=O) groups is 1. The van der Waals surface area contributed by atoms with Gasteiger partial charge in [0.25, 0.3) is 0 Å².